The molecule has 0 fully saturated rings. The molecule has 0 bridgehead atoms. The minimum atomic E-state index is -0.753. The zero-order valence-electron chi connectivity index (χ0n) is 14.3. The van der Waals surface area contributed by atoms with Gasteiger partial charge in [0.05, 0.1) is 12.4 Å². The first-order valence-electron chi connectivity index (χ1n) is 8.05. The van der Waals surface area contributed by atoms with Crippen molar-refractivity contribution in [2.24, 2.45) is 0 Å². The molecule has 0 saturated heterocycles. The maximum atomic E-state index is 13.2. The normalized spacial score (nSPS) is 11.8. The van der Waals surface area contributed by atoms with Crippen molar-refractivity contribution in [2.75, 3.05) is 5.32 Å². The minimum absolute atomic E-state index is 0.0511. The Labute approximate surface area is 149 Å². The Kier molecular flexibility index (Phi) is 4.97. The van der Waals surface area contributed by atoms with Gasteiger partial charge in [0.2, 0.25) is 0 Å². The molecule has 3 aromatic rings. The lowest BCUT2D eigenvalue weighted by Gasteiger charge is -2.17. The summed E-state index contributed by atoms with van der Waals surface area (Å²) in [6, 6.07) is 7.83. The van der Waals surface area contributed by atoms with E-state index in [0.717, 1.165) is 35.0 Å². The van der Waals surface area contributed by atoms with E-state index in [4.69, 9.17) is 0 Å². The molecule has 7 heteroatoms. The number of hydrogen-bond donors (Lipinski definition) is 2. The van der Waals surface area contributed by atoms with Gasteiger partial charge in [-0.3, -0.25) is 0 Å². The van der Waals surface area contributed by atoms with Crippen LogP contribution in [0.15, 0.2) is 55.1 Å². The molecule has 0 aliphatic heterocycles. The zero-order valence-corrected chi connectivity index (χ0v) is 14.3. The van der Waals surface area contributed by atoms with Crippen LogP contribution in [0, 0.1) is 18.6 Å². The highest BCUT2D eigenvalue weighted by molar-refractivity contribution is 5.89. The predicted molar refractivity (Wildman–Crippen MR) is 95.2 cm³/mol. The molecule has 0 aliphatic rings. The van der Waals surface area contributed by atoms with E-state index in [0.29, 0.717) is 0 Å². The summed E-state index contributed by atoms with van der Waals surface area (Å²) >= 11 is 0. The molecule has 26 heavy (non-hydrogen) atoms. The Morgan fingerprint density at radius 1 is 1.15 bits per heavy atom. The number of hydrogen-bond acceptors (Lipinski definition) is 2. The molecule has 0 aliphatic carbocycles. The van der Waals surface area contributed by atoms with Crippen LogP contribution in [0.5, 0.6) is 0 Å². The molecule has 1 heterocycles. The molecule has 2 N–H and O–H groups in total. The van der Waals surface area contributed by atoms with E-state index < -0.39 is 17.7 Å². The number of nitrogens with zero attached hydrogens (tertiary/aromatic N) is 2. The van der Waals surface area contributed by atoms with E-state index >= 15 is 0 Å². The number of aryl methyl sites for hydroxylation is 1. The van der Waals surface area contributed by atoms with Crippen LogP contribution in [-0.2, 0) is 0 Å². The maximum Gasteiger partial charge on any atom is 0.319 e. The summed E-state index contributed by atoms with van der Waals surface area (Å²) in [5.74, 6) is -1.51. The standard InChI is InChI=1S/C19H18F2N4O/c1-12-3-4-14(7-18(12)25-6-5-22-11-25)13(2)23-19(26)24-17-9-15(20)8-16(21)10-17/h3-11,13H,1-2H3,(H2,23,24,26)/t13-/m0/s1. The third kappa shape index (κ3) is 4.05. The number of carbonyl (C=O) groups excluding carboxylic acids is 1. The lowest BCUT2D eigenvalue weighted by molar-refractivity contribution is 0.249. The van der Waals surface area contributed by atoms with Crippen molar-refractivity contribution in [1.82, 2.24) is 14.9 Å². The van der Waals surface area contributed by atoms with Crippen LogP contribution in [0.1, 0.15) is 24.1 Å². The lowest BCUT2D eigenvalue weighted by atomic mass is 10.0. The summed E-state index contributed by atoms with van der Waals surface area (Å²) < 4.78 is 28.3. The van der Waals surface area contributed by atoms with Crippen LogP contribution in [0.4, 0.5) is 19.3 Å². The van der Waals surface area contributed by atoms with Crippen molar-refractivity contribution in [3.8, 4) is 5.69 Å². The first kappa shape index (κ1) is 17.6. The van der Waals surface area contributed by atoms with E-state index in [1.807, 2.05) is 42.8 Å². The van der Waals surface area contributed by atoms with Crippen LogP contribution in [0.3, 0.4) is 0 Å². The molecular formula is C19H18F2N4O. The van der Waals surface area contributed by atoms with Crippen LogP contribution < -0.4 is 10.6 Å². The fourth-order valence-corrected chi connectivity index (χ4v) is 2.65. The first-order chi connectivity index (χ1) is 12.4. The van der Waals surface area contributed by atoms with Crippen molar-refractivity contribution < 1.29 is 13.6 Å². The van der Waals surface area contributed by atoms with Gasteiger partial charge in [0.15, 0.2) is 0 Å². The number of carbonyl (C=O) groups is 1. The number of nitrogens with one attached hydrogen (secondary N) is 2. The second-order valence-corrected chi connectivity index (χ2v) is 5.99. The highest BCUT2D eigenvalue weighted by atomic mass is 19.1. The Bertz CT molecular complexity index is 905. The molecule has 0 radical (unpaired) electrons. The maximum absolute atomic E-state index is 13.2. The lowest BCUT2D eigenvalue weighted by Crippen LogP contribution is -2.31. The summed E-state index contributed by atoms with van der Waals surface area (Å²) in [5, 5.41) is 5.19. The first-order valence-corrected chi connectivity index (χ1v) is 8.05. The summed E-state index contributed by atoms with van der Waals surface area (Å²) in [6.45, 7) is 3.82. The second-order valence-electron chi connectivity index (χ2n) is 5.99. The van der Waals surface area contributed by atoms with Gasteiger partial charge in [-0.25, -0.2) is 18.6 Å². The molecule has 2 amide bonds. The van der Waals surface area contributed by atoms with E-state index in [1.54, 1.807) is 12.5 Å². The number of halogens is 2. The third-order valence-corrected chi connectivity index (χ3v) is 3.98. The van der Waals surface area contributed by atoms with Gasteiger partial charge in [-0.15, -0.1) is 0 Å². The van der Waals surface area contributed by atoms with Gasteiger partial charge >= 0.3 is 6.03 Å². The Balaban J connectivity index is 1.72. The molecule has 1 atom stereocenters. The van der Waals surface area contributed by atoms with Gasteiger partial charge in [0.1, 0.15) is 11.6 Å². The predicted octanol–water partition coefficient (Wildman–Crippen LogP) is 4.34. The molecular weight excluding hydrogens is 338 g/mol. The van der Waals surface area contributed by atoms with Crippen molar-refractivity contribution >= 4 is 11.7 Å². The average molecular weight is 356 g/mol. The molecule has 134 valence electrons. The number of imidazole rings is 1. The number of anilines is 1. The van der Waals surface area contributed by atoms with E-state index in [1.165, 1.54) is 0 Å². The molecule has 2 aromatic carbocycles. The van der Waals surface area contributed by atoms with Gasteiger partial charge in [0, 0.05) is 29.8 Å². The average Bonchev–Trinajstić information content (AvgIpc) is 3.08. The largest absolute Gasteiger partial charge is 0.331 e. The number of amides is 2. The molecule has 1 aromatic heterocycles. The molecule has 0 unspecified atom stereocenters. The topological polar surface area (TPSA) is 59.0 Å². The van der Waals surface area contributed by atoms with Crippen LogP contribution in [-0.4, -0.2) is 15.6 Å². The third-order valence-electron chi connectivity index (χ3n) is 3.98. The Hall–Kier alpha value is -3.22. The quantitative estimate of drug-likeness (QED) is 0.730. The number of urea groups is 1. The molecule has 5 nitrogen and oxygen atoms in total. The van der Waals surface area contributed by atoms with Crippen molar-refractivity contribution in [3.05, 3.63) is 77.9 Å². The van der Waals surface area contributed by atoms with Gasteiger partial charge in [-0.05, 0) is 43.2 Å². The Morgan fingerprint density at radius 3 is 2.54 bits per heavy atom. The number of aromatic nitrogens is 2. The smallest absolute Gasteiger partial charge is 0.319 e. The van der Waals surface area contributed by atoms with Gasteiger partial charge < -0.3 is 15.2 Å². The van der Waals surface area contributed by atoms with Gasteiger partial charge in [0.25, 0.3) is 0 Å². The highest BCUT2D eigenvalue weighted by Crippen LogP contribution is 2.21. The van der Waals surface area contributed by atoms with Crippen molar-refractivity contribution in [2.45, 2.75) is 19.9 Å². The second kappa shape index (κ2) is 7.35. The molecule has 3 rings (SSSR count). The van der Waals surface area contributed by atoms with Crippen LogP contribution in [0.2, 0.25) is 0 Å². The summed E-state index contributed by atoms with van der Waals surface area (Å²) in [4.78, 5) is 16.2. The zero-order chi connectivity index (χ0) is 18.7. The van der Waals surface area contributed by atoms with Crippen LogP contribution in [0.25, 0.3) is 5.69 Å². The molecule has 0 spiro atoms. The van der Waals surface area contributed by atoms with E-state index in [2.05, 4.69) is 15.6 Å². The number of benzene rings is 2. The fraction of sp³-hybridized carbons (Fsp3) is 0.158. The van der Waals surface area contributed by atoms with E-state index in [-0.39, 0.29) is 11.7 Å². The van der Waals surface area contributed by atoms with Crippen molar-refractivity contribution in [3.63, 3.8) is 0 Å². The monoisotopic (exact) mass is 356 g/mol. The fourth-order valence-electron chi connectivity index (χ4n) is 2.65. The SMILES string of the molecule is Cc1ccc([C@H](C)NC(=O)Nc2cc(F)cc(F)c2)cc1-n1ccnc1. The van der Waals surface area contributed by atoms with Gasteiger partial charge in [-0.2, -0.15) is 0 Å². The highest BCUT2D eigenvalue weighted by Gasteiger charge is 2.12. The summed E-state index contributed by atoms with van der Waals surface area (Å²) in [5.41, 5.74) is 2.97. The van der Waals surface area contributed by atoms with Crippen LogP contribution >= 0.6 is 0 Å². The summed E-state index contributed by atoms with van der Waals surface area (Å²) in [7, 11) is 0. The summed E-state index contributed by atoms with van der Waals surface area (Å²) in [6.07, 6.45) is 5.24. The minimum Gasteiger partial charge on any atom is -0.331 e. The van der Waals surface area contributed by atoms with E-state index in [9.17, 15) is 13.6 Å². The van der Waals surface area contributed by atoms with Crippen molar-refractivity contribution in [1.29, 1.82) is 0 Å². The van der Waals surface area contributed by atoms with Gasteiger partial charge in [-0.1, -0.05) is 12.1 Å². The molecule has 0 saturated carbocycles. The Morgan fingerprint density at radius 2 is 1.88 bits per heavy atom. The number of rotatable bonds is 4.